The molecule has 136 valence electrons. The van der Waals surface area contributed by atoms with Gasteiger partial charge in [-0.15, -0.1) is 0 Å². The lowest BCUT2D eigenvalue weighted by Crippen LogP contribution is -2.34. The molecule has 0 saturated carbocycles. The predicted molar refractivity (Wildman–Crippen MR) is 86.8 cm³/mol. The maximum absolute atomic E-state index is 12.9. The van der Waals surface area contributed by atoms with Crippen molar-refractivity contribution in [3.63, 3.8) is 0 Å². The summed E-state index contributed by atoms with van der Waals surface area (Å²) < 4.78 is 44.2. The van der Waals surface area contributed by atoms with Crippen LogP contribution in [0.25, 0.3) is 11.5 Å². The van der Waals surface area contributed by atoms with Gasteiger partial charge < -0.3 is 9.52 Å². The molecule has 0 spiro atoms. The fourth-order valence-corrected chi connectivity index (χ4v) is 3.07. The highest BCUT2D eigenvalue weighted by Gasteiger charge is 2.31. The summed E-state index contributed by atoms with van der Waals surface area (Å²) in [7, 11) is 0. The van der Waals surface area contributed by atoms with E-state index in [9.17, 15) is 18.3 Å². The molecule has 2 heterocycles. The lowest BCUT2D eigenvalue weighted by atomic mass is 9.98. The van der Waals surface area contributed by atoms with Crippen molar-refractivity contribution in [3.8, 4) is 11.5 Å². The zero-order chi connectivity index (χ0) is 18.0. The Morgan fingerprint density at radius 2 is 2.00 bits per heavy atom. The number of nitrogens with zero attached hydrogens (tertiary/aromatic N) is 2. The van der Waals surface area contributed by atoms with Crippen molar-refractivity contribution in [3.05, 3.63) is 41.3 Å². The predicted octanol–water partition coefficient (Wildman–Crippen LogP) is 3.87. The molecule has 1 fully saturated rings. The highest BCUT2D eigenvalue weighted by molar-refractivity contribution is 5.55. The van der Waals surface area contributed by atoms with E-state index in [1.807, 2.05) is 0 Å². The van der Waals surface area contributed by atoms with Crippen LogP contribution in [0.1, 0.15) is 29.9 Å². The van der Waals surface area contributed by atoms with Gasteiger partial charge in [-0.25, -0.2) is 4.98 Å². The van der Waals surface area contributed by atoms with Crippen molar-refractivity contribution in [2.75, 3.05) is 19.7 Å². The maximum Gasteiger partial charge on any atom is 0.416 e. The van der Waals surface area contributed by atoms with Gasteiger partial charge in [0.1, 0.15) is 5.76 Å². The monoisotopic (exact) mass is 354 g/mol. The van der Waals surface area contributed by atoms with E-state index in [0.717, 1.165) is 43.8 Å². The molecule has 25 heavy (non-hydrogen) atoms. The summed E-state index contributed by atoms with van der Waals surface area (Å²) in [5.41, 5.74) is 0.353. The number of alkyl halides is 3. The normalized spacial score (nSPS) is 17.2. The zero-order valence-electron chi connectivity index (χ0n) is 14.0. The van der Waals surface area contributed by atoms with Crippen LogP contribution in [0, 0.1) is 12.8 Å². The average molecular weight is 354 g/mol. The second kappa shape index (κ2) is 7.17. The van der Waals surface area contributed by atoms with Gasteiger partial charge in [0.25, 0.3) is 0 Å². The van der Waals surface area contributed by atoms with E-state index in [2.05, 4.69) is 9.88 Å². The van der Waals surface area contributed by atoms with Crippen LogP contribution in [0.5, 0.6) is 0 Å². The molecular weight excluding hydrogens is 333 g/mol. The minimum atomic E-state index is -4.39. The van der Waals surface area contributed by atoms with Gasteiger partial charge in [-0.05, 0) is 57.0 Å². The quantitative estimate of drug-likeness (QED) is 0.905. The molecular formula is C18H21F3N2O2. The van der Waals surface area contributed by atoms with Crippen LogP contribution in [0.15, 0.2) is 28.7 Å². The number of hydrogen-bond acceptors (Lipinski definition) is 4. The molecule has 2 aromatic rings. The average Bonchev–Trinajstić information content (AvgIpc) is 2.96. The number of likely N-dealkylation sites (tertiary alicyclic amines) is 1. The molecule has 0 atom stereocenters. The van der Waals surface area contributed by atoms with Crippen LogP contribution in [-0.4, -0.2) is 34.7 Å². The second-order valence-electron chi connectivity index (χ2n) is 6.50. The molecule has 1 aliphatic rings. The van der Waals surface area contributed by atoms with Gasteiger partial charge in [-0.1, -0.05) is 6.07 Å². The number of aromatic nitrogens is 1. The Kier molecular flexibility index (Phi) is 5.15. The molecule has 1 saturated heterocycles. The summed E-state index contributed by atoms with van der Waals surface area (Å²) in [5.74, 6) is 1.19. The van der Waals surface area contributed by atoms with Gasteiger partial charge in [-0.2, -0.15) is 13.2 Å². The third kappa shape index (κ3) is 4.22. The van der Waals surface area contributed by atoms with Gasteiger partial charge >= 0.3 is 6.18 Å². The number of aliphatic hydroxyl groups excluding tert-OH is 1. The Hall–Kier alpha value is -1.86. The van der Waals surface area contributed by atoms with Gasteiger partial charge in [-0.3, -0.25) is 4.90 Å². The van der Waals surface area contributed by atoms with Crippen LogP contribution in [-0.2, 0) is 12.7 Å². The third-order valence-electron chi connectivity index (χ3n) is 4.67. The zero-order valence-corrected chi connectivity index (χ0v) is 14.0. The maximum atomic E-state index is 12.9. The van der Waals surface area contributed by atoms with Gasteiger partial charge in [0, 0.05) is 18.7 Å². The Morgan fingerprint density at radius 3 is 2.64 bits per heavy atom. The summed E-state index contributed by atoms with van der Waals surface area (Å²) in [6, 6.07) is 5.02. The van der Waals surface area contributed by atoms with E-state index in [1.54, 1.807) is 13.0 Å². The van der Waals surface area contributed by atoms with Crippen molar-refractivity contribution in [1.29, 1.82) is 0 Å². The fourth-order valence-electron chi connectivity index (χ4n) is 3.07. The summed E-state index contributed by atoms with van der Waals surface area (Å²) >= 11 is 0. The first-order valence-electron chi connectivity index (χ1n) is 8.34. The molecule has 1 aromatic heterocycles. The van der Waals surface area contributed by atoms with Crippen LogP contribution in [0.2, 0.25) is 0 Å². The largest absolute Gasteiger partial charge is 0.441 e. The summed E-state index contributed by atoms with van der Waals surface area (Å²) in [6.07, 6.45) is -2.51. The molecule has 0 unspecified atom stereocenters. The SMILES string of the molecule is Cc1oc(-c2cccc(C(F)(F)F)c2)nc1CN1CCC(CO)CC1. The van der Waals surface area contributed by atoms with Crippen LogP contribution in [0.3, 0.4) is 0 Å². The number of benzene rings is 1. The van der Waals surface area contributed by atoms with E-state index in [0.29, 0.717) is 23.8 Å². The van der Waals surface area contributed by atoms with E-state index >= 15 is 0 Å². The number of halogens is 3. The van der Waals surface area contributed by atoms with E-state index in [-0.39, 0.29) is 12.5 Å². The Morgan fingerprint density at radius 1 is 1.28 bits per heavy atom. The molecule has 0 radical (unpaired) electrons. The second-order valence-corrected chi connectivity index (χ2v) is 6.50. The highest BCUT2D eigenvalue weighted by Crippen LogP contribution is 2.32. The minimum Gasteiger partial charge on any atom is -0.441 e. The number of aryl methyl sites for hydroxylation is 1. The minimum absolute atomic E-state index is 0.212. The van der Waals surface area contributed by atoms with Crippen LogP contribution >= 0.6 is 0 Å². The molecule has 1 aromatic carbocycles. The van der Waals surface area contributed by atoms with Gasteiger partial charge in [0.05, 0.1) is 11.3 Å². The smallest absolute Gasteiger partial charge is 0.416 e. The van der Waals surface area contributed by atoms with Crippen molar-refractivity contribution in [1.82, 2.24) is 9.88 Å². The Bertz CT molecular complexity index is 719. The summed E-state index contributed by atoms with van der Waals surface area (Å²) in [4.78, 5) is 6.64. The van der Waals surface area contributed by atoms with E-state index in [1.165, 1.54) is 6.07 Å². The molecule has 1 N–H and O–H groups in total. The van der Waals surface area contributed by atoms with E-state index < -0.39 is 11.7 Å². The van der Waals surface area contributed by atoms with Gasteiger partial charge in [0.15, 0.2) is 0 Å². The molecule has 3 rings (SSSR count). The standard InChI is InChI=1S/C18H21F3N2O2/c1-12-16(10-23-7-5-13(11-24)6-8-23)22-17(25-12)14-3-2-4-15(9-14)18(19,20)21/h2-4,9,13,24H,5-8,10-11H2,1H3. The lowest BCUT2D eigenvalue weighted by Gasteiger charge is -2.30. The molecule has 4 nitrogen and oxygen atoms in total. The number of aliphatic hydroxyl groups is 1. The fraction of sp³-hybridized carbons (Fsp3) is 0.500. The van der Waals surface area contributed by atoms with Crippen LogP contribution in [0.4, 0.5) is 13.2 Å². The molecule has 0 amide bonds. The highest BCUT2D eigenvalue weighted by atomic mass is 19.4. The Labute approximate surface area is 144 Å². The van der Waals surface area contributed by atoms with Crippen molar-refractivity contribution in [2.45, 2.75) is 32.5 Å². The first-order valence-corrected chi connectivity index (χ1v) is 8.34. The van der Waals surface area contributed by atoms with Crippen molar-refractivity contribution < 1.29 is 22.7 Å². The van der Waals surface area contributed by atoms with Crippen molar-refractivity contribution in [2.24, 2.45) is 5.92 Å². The number of rotatable bonds is 4. The molecule has 1 aliphatic heterocycles. The molecule has 7 heteroatoms. The lowest BCUT2D eigenvalue weighted by molar-refractivity contribution is -0.137. The third-order valence-corrected chi connectivity index (χ3v) is 4.67. The van der Waals surface area contributed by atoms with E-state index in [4.69, 9.17) is 4.42 Å². The van der Waals surface area contributed by atoms with Crippen molar-refractivity contribution >= 4 is 0 Å². The molecule has 0 aliphatic carbocycles. The first-order chi connectivity index (χ1) is 11.9. The number of hydrogen-bond donors (Lipinski definition) is 1. The summed E-state index contributed by atoms with van der Waals surface area (Å²) in [6.45, 7) is 4.34. The Balaban J connectivity index is 1.75. The number of oxazole rings is 1. The topological polar surface area (TPSA) is 49.5 Å². The molecule has 0 bridgehead atoms. The summed E-state index contributed by atoms with van der Waals surface area (Å²) in [5, 5.41) is 9.19. The first kappa shape index (κ1) is 17.9. The van der Waals surface area contributed by atoms with Gasteiger partial charge in [0.2, 0.25) is 5.89 Å². The number of piperidine rings is 1. The van der Waals surface area contributed by atoms with Crippen LogP contribution < -0.4 is 0 Å².